The van der Waals surface area contributed by atoms with Crippen LogP contribution in [0.2, 0.25) is 0 Å². The zero-order valence-corrected chi connectivity index (χ0v) is 19.6. The van der Waals surface area contributed by atoms with Gasteiger partial charge in [-0.2, -0.15) is 4.31 Å². The molecule has 32 heavy (non-hydrogen) atoms. The highest BCUT2D eigenvalue weighted by atomic mass is 32.2. The van der Waals surface area contributed by atoms with Gasteiger partial charge in [-0.3, -0.25) is 4.79 Å². The van der Waals surface area contributed by atoms with E-state index in [-0.39, 0.29) is 17.6 Å². The minimum absolute atomic E-state index is 0.170. The molecule has 0 N–H and O–H groups in total. The third-order valence-electron chi connectivity index (χ3n) is 6.03. The number of piperidine rings is 1. The van der Waals surface area contributed by atoms with Crippen LogP contribution in [0, 0.1) is 11.8 Å². The first-order valence-corrected chi connectivity index (χ1v) is 12.5. The number of benzene rings is 2. The van der Waals surface area contributed by atoms with Gasteiger partial charge in [0.2, 0.25) is 16.8 Å². The molecule has 0 saturated carbocycles. The van der Waals surface area contributed by atoms with Gasteiger partial charge in [-0.05, 0) is 61.1 Å². The first kappa shape index (κ1) is 22.6. The summed E-state index contributed by atoms with van der Waals surface area (Å²) >= 11 is 0. The van der Waals surface area contributed by atoms with E-state index in [0.29, 0.717) is 55.1 Å². The van der Waals surface area contributed by atoms with Gasteiger partial charge in [-0.25, -0.2) is 8.42 Å². The number of ether oxygens (including phenoxy) is 2. The summed E-state index contributed by atoms with van der Waals surface area (Å²) in [5.41, 5.74) is 1.29. The van der Waals surface area contributed by atoms with E-state index in [0.717, 1.165) is 12.0 Å². The first-order chi connectivity index (χ1) is 15.3. The van der Waals surface area contributed by atoms with Crippen molar-refractivity contribution in [3.63, 3.8) is 0 Å². The second kappa shape index (κ2) is 9.11. The molecule has 1 fully saturated rings. The third-order valence-corrected chi connectivity index (χ3v) is 7.86. The molecule has 0 bridgehead atoms. The maximum Gasteiger partial charge on any atom is 0.254 e. The fraction of sp³-hybridized carbons (Fsp3) is 0.458. The van der Waals surface area contributed by atoms with Gasteiger partial charge in [0.1, 0.15) is 0 Å². The molecule has 2 aliphatic rings. The van der Waals surface area contributed by atoms with E-state index >= 15 is 0 Å². The van der Waals surface area contributed by atoms with E-state index in [1.807, 2.05) is 25.1 Å². The lowest BCUT2D eigenvalue weighted by atomic mass is 9.94. The molecule has 4 rings (SSSR count). The van der Waals surface area contributed by atoms with Crippen LogP contribution in [0.4, 0.5) is 0 Å². The van der Waals surface area contributed by atoms with E-state index < -0.39 is 10.0 Å². The maximum atomic E-state index is 13.3. The second-order valence-corrected chi connectivity index (χ2v) is 10.7. The molecule has 0 aromatic heterocycles. The fourth-order valence-corrected chi connectivity index (χ4v) is 6.24. The summed E-state index contributed by atoms with van der Waals surface area (Å²) < 4.78 is 38.9. The van der Waals surface area contributed by atoms with Crippen molar-refractivity contribution in [3.8, 4) is 11.5 Å². The Hall–Kier alpha value is -2.58. The van der Waals surface area contributed by atoms with Gasteiger partial charge in [-0.1, -0.05) is 26.0 Å². The summed E-state index contributed by atoms with van der Waals surface area (Å²) in [6, 6.07) is 12.0. The summed E-state index contributed by atoms with van der Waals surface area (Å²) in [6.45, 7) is 8.16. The molecule has 2 aromatic rings. The monoisotopic (exact) mass is 458 g/mol. The Morgan fingerprint density at radius 3 is 2.50 bits per heavy atom. The predicted molar refractivity (Wildman–Crippen MR) is 121 cm³/mol. The summed E-state index contributed by atoms with van der Waals surface area (Å²) in [5, 5.41) is 0. The Labute approximate surface area is 190 Å². The number of fused-ring (bicyclic) bond motifs is 1. The number of rotatable bonds is 6. The molecular weight excluding hydrogens is 428 g/mol. The molecule has 2 aromatic carbocycles. The number of amides is 1. The van der Waals surface area contributed by atoms with Crippen molar-refractivity contribution in [2.45, 2.75) is 38.6 Å². The number of hydrogen-bond acceptors (Lipinski definition) is 5. The Bertz CT molecular complexity index is 1090. The van der Waals surface area contributed by atoms with E-state index in [1.54, 1.807) is 27.4 Å². The van der Waals surface area contributed by atoms with Crippen molar-refractivity contribution in [1.82, 2.24) is 9.21 Å². The van der Waals surface area contributed by atoms with Crippen molar-refractivity contribution in [3.05, 3.63) is 53.6 Å². The number of carbonyl (C=O) groups excluding carboxylic acids is 1. The molecule has 2 atom stereocenters. The van der Waals surface area contributed by atoms with E-state index in [2.05, 4.69) is 13.8 Å². The summed E-state index contributed by atoms with van der Waals surface area (Å²) in [5.74, 6) is 1.79. The molecule has 1 amide bonds. The van der Waals surface area contributed by atoms with Crippen LogP contribution in [0.5, 0.6) is 11.5 Å². The Balaban J connectivity index is 1.54. The van der Waals surface area contributed by atoms with Crippen LogP contribution in [0.25, 0.3) is 0 Å². The number of hydrogen-bond donors (Lipinski definition) is 0. The lowest BCUT2D eigenvalue weighted by molar-refractivity contribution is 0.0752. The van der Waals surface area contributed by atoms with Crippen molar-refractivity contribution in [1.29, 1.82) is 0 Å². The molecule has 2 unspecified atom stereocenters. The van der Waals surface area contributed by atoms with Gasteiger partial charge in [0.15, 0.2) is 11.5 Å². The Kier molecular flexibility index (Phi) is 6.44. The van der Waals surface area contributed by atoms with Crippen LogP contribution in [-0.4, -0.2) is 50.0 Å². The molecule has 0 aliphatic carbocycles. The molecule has 172 valence electrons. The van der Waals surface area contributed by atoms with Gasteiger partial charge in [0.05, 0.1) is 4.90 Å². The highest BCUT2D eigenvalue weighted by Crippen LogP contribution is 2.33. The minimum Gasteiger partial charge on any atom is -0.454 e. The van der Waals surface area contributed by atoms with Crippen molar-refractivity contribution >= 4 is 15.9 Å². The van der Waals surface area contributed by atoms with Gasteiger partial charge < -0.3 is 14.4 Å². The average Bonchev–Trinajstić information content (AvgIpc) is 3.24. The molecule has 7 nitrogen and oxygen atoms in total. The Morgan fingerprint density at radius 1 is 1.06 bits per heavy atom. The molecule has 0 spiro atoms. The lowest BCUT2D eigenvalue weighted by Gasteiger charge is -2.34. The van der Waals surface area contributed by atoms with Gasteiger partial charge >= 0.3 is 0 Å². The standard InChI is InChI=1S/C24H30N2O5S/c1-4-25(15-19-8-9-22-23(11-19)31-16-30-22)24(27)20-6-5-7-21(12-20)32(28,29)26-13-17(2)10-18(3)14-26/h5-9,11-12,17-18H,4,10,13-16H2,1-3H3. The first-order valence-electron chi connectivity index (χ1n) is 11.1. The largest absolute Gasteiger partial charge is 0.454 e. The number of nitrogens with zero attached hydrogens (tertiary/aromatic N) is 2. The Morgan fingerprint density at radius 2 is 1.78 bits per heavy atom. The predicted octanol–water partition coefficient (Wildman–Crippen LogP) is 3.74. The summed E-state index contributed by atoms with van der Waals surface area (Å²) in [7, 11) is -3.65. The summed E-state index contributed by atoms with van der Waals surface area (Å²) in [6.07, 6.45) is 1.02. The van der Waals surface area contributed by atoms with Crippen molar-refractivity contribution in [2.75, 3.05) is 26.4 Å². The molecule has 0 radical (unpaired) electrons. The zero-order chi connectivity index (χ0) is 22.9. The van der Waals surface area contributed by atoms with E-state index in [9.17, 15) is 13.2 Å². The van der Waals surface area contributed by atoms with Gasteiger partial charge in [-0.15, -0.1) is 0 Å². The highest BCUT2D eigenvalue weighted by molar-refractivity contribution is 7.89. The fourth-order valence-electron chi connectivity index (χ4n) is 4.51. The maximum absolute atomic E-state index is 13.3. The highest BCUT2D eigenvalue weighted by Gasteiger charge is 2.32. The van der Waals surface area contributed by atoms with Crippen LogP contribution >= 0.6 is 0 Å². The van der Waals surface area contributed by atoms with Crippen LogP contribution in [-0.2, 0) is 16.6 Å². The smallest absolute Gasteiger partial charge is 0.254 e. The molecule has 1 saturated heterocycles. The topological polar surface area (TPSA) is 76.1 Å². The summed E-state index contributed by atoms with van der Waals surface area (Å²) in [4.78, 5) is 15.1. The van der Waals surface area contributed by atoms with Crippen LogP contribution in [0.3, 0.4) is 0 Å². The lowest BCUT2D eigenvalue weighted by Crippen LogP contribution is -2.42. The van der Waals surface area contributed by atoms with Crippen LogP contribution < -0.4 is 9.47 Å². The number of carbonyl (C=O) groups is 1. The quantitative estimate of drug-likeness (QED) is 0.659. The molecule has 2 aliphatic heterocycles. The normalized spacial score (nSPS) is 20.8. The van der Waals surface area contributed by atoms with Crippen molar-refractivity contribution < 1.29 is 22.7 Å². The van der Waals surface area contributed by atoms with E-state index in [4.69, 9.17) is 9.47 Å². The van der Waals surface area contributed by atoms with Crippen LogP contribution in [0.15, 0.2) is 47.4 Å². The van der Waals surface area contributed by atoms with Crippen molar-refractivity contribution in [2.24, 2.45) is 11.8 Å². The average molecular weight is 459 g/mol. The van der Waals surface area contributed by atoms with Gasteiger partial charge in [0.25, 0.3) is 5.91 Å². The third kappa shape index (κ3) is 4.61. The molecule has 8 heteroatoms. The van der Waals surface area contributed by atoms with Crippen LogP contribution in [0.1, 0.15) is 43.1 Å². The minimum atomic E-state index is -3.65. The SMILES string of the molecule is CCN(Cc1ccc2c(c1)OCO2)C(=O)c1cccc(S(=O)(=O)N2CC(C)CC(C)C2)c1. The molecule has 2 heterocycles. The zero-order valence-electron chi connectivity index (χ0n) is 18.8. The van der Waals surface area contributed by atoms with E-state index in [1.165, 1.54) is 6.07 Å². The van der Waals surface area contributed by atoms with Gasteiger partial charge in [0, 0.05) is 31.7 Å². The molecular formula is C24H30N2O5S. The number of sulfonamides is 1. The second-order valence-electron chi connectivity index (χ2n) is 8.80.